The quantitative estimate of drug-likeness (QED) is 0.490. The van der Waals surface area contributed by atoms with Gasteiger partial charge in [0.25, 0.3) is 11.8 Å². The summed E-state index contributed by atoms with van der Waals surface area (Å²) < 4.78 is 0. The van der Waals surface area contributed by atoms with Crippen molar-refractivity contribution in [2.24, 2.45) is 5.10 Å². The molecule has 0 unspecified atom stereocenters. The van der Waals surface area contributed by atoms with Gasteiger partial charge in [0.05, 0.1) is 18.3 Å². The molecule has 0 bridgehead atoms. The summed E-state index contributed by atoms with van der Waals surface area (Å²) in [4.78, 5) is 30.5. The lowest BCUT2D eigenvalue weighted by Crippen LogP contribution is -2.34. The van der Waals surface area contributed by atoms with E-state index in [1.54, 1.807) is 24.5 Å². The molecule has 0 spiro atoms. The minimum Gasteiger partial charge on any atom is -0.361 e. The molecule has 3 aromatic rings. The zero-order valence-electron chi connectivity index (χ0n) is 12.7. The molecule has 0 radical (unpaired) electrons. The molecule has 0 aliphatic carbocycles. The Bertz CT molecular complexity index is 886. The van der Waals surface area contributed by atoms with Crippen LogP contribution in [0.3, 0.4) is 0 Å². The van der Waals surface area contributed by atoms with E-state index in [1.165, 1.54) is 6.20 Å². The van der Waals surface area contributed by atoms with E-state index in [-0.39, 0.29) is 12.5 Å². The third kappa shape index (κ3) is 3.64. The van der Waals surface area contributed by atoms with Crippen LogP contribution in [-0.2, 0) is 4.79 Å². The number of aromatic nitrogens is 2. The first-order valence-electron chi connectivity index (χ1n) is 7.30. The van der Waals surface area contributed by atoms with E-state index in [2.05, 4.69) is 25.8 Å². The van der Waals surface area contributed by atoms with Gasteiger partial charge in [-0.3, -0.25) is 14.6 Å². The molecule has 2 amide bonds. The summed E-state index contributed by atoms with van der Waals surface area (Å²) in [5, 5.41) is 7.42. The van der Waals surface area contributed by atoms with Crippen molar-refractivity contribution in [3.63, 3.8) is 0 Å². The SMILES string of the molecule is O=C(CNC(=O)c1cccnc1)N/N=C/c1c[nH]c2ccccc12. The van der Waals surface area contributed by atoms with Crippen LogP contribution in [0.4, 0.5) is 0 Å². The van der Waals surface area contributed by atoms with Crippen LogP contribution in [0, 0.1) is 0 Å². The van der Waals surface area contributed by atoms with E-state index in [4.69, 9.17) is 0 Å². The molecule has 3 N–H and O–H groups in total. The number of amides is 2. The topological polar surface area (TPSA) is 99.2 Å². The molecule has 1 aromatic carbocycles. The van der Waals surface area contributed by atoms with Crippen molar-refractivity contribution < 1.29 is 9.59 Å². The van der Waals surface area contributed by atoms with E-state index in [9.17, 15) is 9.59 Å². The minimum absolute atomic E-state index is 0.168. The molecule has 120 valence electrons. The number of aromatic amines is 1. The fraction of sp³-hybridized carbons (Fsp3) is 0.0588. The van der Waals surface area contributed by atoms with Gasteiger partial charge in [-0.2, -0.15) is 5.10 Å². The summed E-state index contributed by atoms with van der Waals surface area (Å²) in [5.74, 6) is -0.776. The van der Waals surface area contributed by atoms with Crippen molar-refractivity contribution >= 4 is 28.9 Å². The van der Waals surface area contributed by atoms with Gasteiger partial charge in [0.1, 0.15) is 0 Å². The number of hydrogen-bond acceptors (Lipinski definition) is 4. The zero-order valence-corrected chi connectivity index (χ0v) is 12.7. The van der Waals surface area contributed by atoms with Crippen LogP contribution in [-0.4, -0.2) is 34.5 Å². The van der Waals surface area contributed by atoms with E-state index in [1.807, 2.05) is 30.5 Å². The van der Waals surface area contributed by atoms with Crippen molar-refractivity contribution in [3.8, 4) is 0 Å². The molecule has 7 heteroatoms. The van der Waals surface area contributed by atoms with Crippen LogP contribution in [0.1, 0.15) is 15.9 Å². The number of pyridine rings is 1. The van der Waals surface area contributed by atoms with Gasteiger partial charge in [0.15, 0.2) is 0 Å². The van der Waals surface area contributed by atoms with Gasteiger partial charge in [-0.15, -0.1) is 0 Å². The minimum atomic E-state index is -0.414. The fourth-order valence-electron chi connectivity index (χ4n) is 2.17. The standard InChI is InChI=1S/C17H15N5O2/c23-16(11-20-17(24)12-4-3-7-18-8-12)22-21-10-13-9-19-15-6-2-1-5-14(13)15/h1-10,19H,11H2,(H,20,24)(H,22,23)/b21-10+. The predicted molar refractivity (Wildman–Crippen MR) is 90.6 cm³/mol. The summed E-state index contributed by atoms with van der Waals surface area (Å²) >= 11 is 0. The Morgan fingerprint density at radius 3 is 2.92 bits per heavy atom. The lowest BCUT2D eigenvalue weighted by atomic mass is 10.2. The molecule has 0 aliphatic heterocycles. The van der Waals surface area contributed by atoms with E-state index in [0.717, 1.165) is 16.5 Å². The van der Waals surface area contributed by atoms with Crippen LogP contribution in [0.15, 0.2) is 60.1 Å². The average molecular weight is 321 g/mol. The number of carbonyl (C=O) groups excluding carboxylic acids is 2. The van der Waals surface area contributed by atoms with Crippen molar-refractivity contribution in [2.45, 2.75) is 0 Å². The van der Waals surface area contributed by atoms with Crippen LogP contribution in [0.5, 0.6) is 0 Å². The Hall–Kier alpha value is -3.48. The predicted octanol–water partition coefficient (Wildman–Crippen LogP) is 1.44. The molecule has 2 aromatic heterocycles. The van der Waals surface area contributed by atoms with Crippen LogP contribution in [0.2, 0.25) is 0 Å². The van der Waals surface area contributed by atoms with Crippen LogP contribution < -0.4 is 10.7 Å². The number of fused-ring (bicyclic) bond motifs is 1. The van der Waals surface area contributed by atoms with E-state index in [0.29, 0.717) is 5.56 Å². The molecule has 24 heavy (non-hydrogen) atoms. The molecule has 3 rings (SSSR count). The van der Waals surface area contributed by atoms with Gasteiger partial charge in [0.2, 0.25) is 0 Å². The molecule has 7 nitrogen and oxygen atoms in total. The number of H-pyrrole nitrogens is 1. The molecule has 0 aliphatic rings. The Labute approximate surface area is 137 Å². The summed E-state index contributed by atoms with van der Waals surface area (Å²) in [6, 6.07) is 11.1. The maximum atomic E-state index is 11.8. The average Bonchev–Trinajstić information content (AvgIpc) is 3.04. The first kappa shape index (κ1) is 15.4. The third-order valence-electron chi connectivity index (χ3n) is 3.35. The highest BCUT2D eigenvalue weighted by atomic mass is 16.2. The largest absolute Gasteiger partial charge is 0.361 e. The number of carbonyl (C=O) groups is 2. The van der Waals surface area contributed by atoms with Gasteiger partial charge in [-0.05, 0) is 18.2 Å². The highest BCUT2D eigenvalue weighted by Crippen LogP contribution is 2.15. The van der Waals surface area contributed by atoms with Crippen molar-refractivity contribution in [3.05, 3.63) is 66.1 Å². The summed E-state index contributed by atoms with van der Waals surface area (Å²) in [6.45, 7) is -0.168. The van der Waals surface area contributed by atoms with Crippen LogP contribution in [0.25, 0.3) is 10.9 Å². The molecule has 2 heterocycles. The van der Waals surface area contributed by atoms with Crippen LogP contribution >= 0.6 is 0 Å². The van der Waals surface area contributed by atoms with Gasteiger partial charge >= 0.3 is 0 Å². The molecular weight excluding hydrogens is 306 g/mol. The number of para-hydroxylation sites is 1. The van der Waals surface area contributed by atoms with E-state index < -0.39 is 5.91 Å². The number of rotatable bonds is 5. The normalized spacial score (nSPS) is 10.8. The van der Waals surface area contributed by atoms with Gasteiger partial charge in [-0.1, -0.05) is 18.2 Å². The second kappa shape index (κ2) is 7.19. The highest BCUT2D eigenvalue weighted by Gasteiger charge is 2.07. The molecular formula is C17H15N5O2. The molecule has 0 saturated heterocycles. The molecule has 0 fully saturated rings. The summed E-state index contributed by atoms with van der Waals surface area (Å²) in [5.41, 5.74) is 4.64. The maximum absolute atomic E-state index is 11.8. The Kier molecular flexibility index (Phi) is 4.62. The lowest BCUT2D eigenvalue weighted by Gasteiger charge is -2.03. The van der Waals surface area contributed by atoms with Crippen molar-refractivity contribution in [2.75, 3.05) is 6.54 Å². The maximum Gasteiger partial charge on any atom is 0.259 e. The Balaban J connectivity index is 1.51. The number of nitrogens with zero attached hydrogens (tertiary/aromatic N) is 2. The highest BCUT2D eigenvalue weighted by molar-refractivity contribution is 5.99. The summed E-state index contributed by atoms with van der Waals surface area (Å²) in [6.07, 6.45) is 6.37. The Morgan fingerprint density at radius 2 is 2.08 bits per heavy atom. The van der Waals surface area contributed by atoms with Crippen molar-refractivity contribution in [1.29, 1.82) is 0 Å². The van der Waals surface area contributed by atoms with Crippen molar-refractivity contribution in [1.82, 2.24) is 20.7 Å². The van der Waals surface area contributed by atoms with Gasteiger partial charge in [-0.25, -0.2) is 5.43 Å². The first-order valence-corrected chi connectivity index (χ1v) is 7.30. The lowest BCUT2D eigenvalue weighted by molar-refractivity contribution is -0.120. The monoisotopic (exact) mass is 321 g/mol. The second-order valence-corrected chi connectivity index (χ2v) is 5.01. The van der Waals surface area contributed by atoms with E-state index >= 15 is 0 Å². The number of benzene rings is 1. The fourth-order valence-corrected chi connectivity index (χ4v) is 2.17. The number of hydrazone groups is 1. The molecule has 0 atom stereocenters. The third-order valence-corrected chi connectivity index (χ3v) is 3.35. The zero-order chi connectivity index (χ0) is 16.8. The smallest absolute Gasteiger partial charge is 0.259 e. The summed E-state index contributed by atoms with van der Waals surface area (Å²) in [7, 11) is 0. The number of nitrogens with one attached hydrogen (secondary N) is 3. The van der Waals surface area contributed by atoms with Gasteiger partial charge < -0.3 is 10.3 Å². The molecule has 0 saturated carbocycles. The van der Waals surface area contributed by atoms with Gasteiger partial charge in [0, 0.05) is 35.1 Å². The second-order valence-electron chi connectivity index (χ2n) is 5.01. The Morgan fingerprint density at radius 1 is 1.21 bits per heavy atom. The number of hydrogen-bond donors (Lipinski definition) is 3. The first-order chi connectivity index (χ1) is 11.7.